The molecule has 5 nitrogen and oxygen atoms in total. The summed E-state index contributed by atoms with van der Waals surface area (Å²) in [6.07, 6.45) is 3.80. The third-order valence-corrected chi connectivity index (χ3v) is 7.53. The fraction of sp³-hybridized carbons (Fsp3) is 0.381. The van der Waals surface area contributed by atoms with Gasteiger partial charge in [0.25, 0.3) is 5.91 Å². The molecule has 1 amide bonds. The minimum atomic E-state index is -3.48. The van der Waals surface area contributed by atoms with Crippen LogP contribution in [0.5, 0.6) is 0 Å². The molecule has 1 aliphatic heterocycles. The molecule has 3 rings (SSSR count). The summed E-state index contributed by atoms with van der Waals surface area (Å²) in [6, 6.07) is 13.9. The van der Waals surface area contributed by atoms with Crippen molar-refractivity contribution >= 4 is 33.4 Å². The van der Waals surface area contributed by atoms with Crippen molar-refractivity contribution in [1.29, 1.82) is 0 Å². The fourth-order valence-corrected chi connectivity index (χ4v) is 5.24. The lowest BCUT2D eigenvalue weighted by Crippen LogP contribution is -2.37. The Hall–Kier alpha value is -1.83. The number of hydrogen-bond acceptors (Lipinski definition) is 4. The Kier molecular flexibility index (Phi) is 6.80. The van der Waals surface area contributed by atoms with E-state index >= 15 is 0 Å². The highest BCUT2D eigenvalue weighted by Gasteiger charge is 2.27. The van der Waals surface area contributed by atoms with Crippen molar-refractivity contribution in [2.24, 2.45) is 5.92 Å². The lowest BCUT2D eigenvalue weighted by atomic mass is 10.0. The minimum absolute atomic E-state index is 0.205. The van der Waals surface area contributed by atoms with Crippen LogP contribution in [0.3, 0.4) is 0 Å². The second-order valence-corrected chi connectivity index (χ2v) is 10.0. The summed E-state index contributed by atoms with van der Waals surface area (Å²) < 4.78 is 27.1. The molecule has 0 unspecified atom stereocenters. The lowest BCUT2D eigenvalue weighted by Gasteiger charge is -2.29. The second kappa shape index (κ2) is 9.11. The Morgan fingerprint density at radius 1 is 1.14 bits per heavy atom. The lowest BCUT2D eigenvalue weighted by molar-refractivity contribution is 0.102. The van der Waals surface area contributed by atoms with E-state index in [1.54, 1.807) is 46.4 Å². The van der Waals surface area contributed by atoms with Gasteiger partial charge in [0.05, 0.1) is 4.90 Å². The predicted molar refractivity (Wildman–Crippen MR) is 115 cm³/mol. The van der Waals surface area contributed by atoms with Crippen LogP contribution in [0.2, 0.25) is 0 Å². The van der Waals surface area contributed by atoms with Crippen LogP contribution in [0.1, 0.15) is 35.7 Å². The SMILES string of the molecule is CSCc1cccc(C(=O)Nc2ccc(S(=O)(=O)N3CCC(C)CC3)cc2)c1. The number of nitrogens with zero attached hydrogens (tertiary/aromatic N) is 1. The van der Waals surface area contributed by atoms with Crippen LogP contribution < -0.4 is 5.32 Å². The topological polar surface area (TPSA) is 66.5 Å². The van der Waals surface area contributed by atoms with E-state index in [2.05, 4.69) is 12.2 Å². The zero-order valence-electron chi connectivity index (χ0n) is 16.2. The monoisotopic (exact) mass is 418 g/mol. The molecule has 2 aromatic carbocycles. The number of benzene rings is 2. The van der Waals surface area contributed by atoms with Gasteiger partial charge in [0.2, 0.25) is 10.0 Å². The number of carbonyl (C=O) groups excluding carboxylic acids is 1. The highest BCUT2D eigenvalue weighted by Crippen LogP contribution is 2.24. The van der Waals surface area contributed by atoms with Crippen LogP contribution in [0.4, 0.5) is 5.69 Å². The first-order valence-electron chi connectivity index (χ1n) is 9.39. The van der Waals surface area contributed by atoms with Crippen LogP contribution in [-0.2, 0) is 15.8 Å². The molecule has 2 aromatic rings. The van der Waals surface area contributed by atoms with E-state index in [0.29, 0.717) is 30.3 Å². The molecule has 7 heteroatoms. The second-order valence-electron chi connectivity index (χ2n) is 7.20. The molecule has 0 radical (unpaired) electrons. The average Bonchev–Trinajstić information content (AvgIpc) is 2.69. The number of rotatable bonds is 6. The first kappa shape index (κ1) is 20.9. The molecular formula is C21H26N2O3S2. The molecule has 150 valence electrons. The van der Waals surface area contributed by atoms with Crippen molar-refractivity contribution in [2.45, 2.75) is 30.4 Å². The van der Waals surface area contributed by atoms with Crippen molar-refractivity contribution < 1.29 is 13.2 Å². The van der Waals surface area contributed by atoms with Gasteiger partial charge in [0, 0.05) is 30.1 Å². The summed E-state index contributed by atoms with van der Waals surface area (Å²) in [5.74, 6) is 1.21. The summed E-state index contributed by atoms with van der Waals surface area (Å²) in [5, 5.41) is 2.84. The first-order valence-corrected chi connectivity index (χ1v) is 12.2. The normalized spacial score (nSPS) is 16.1. The summed E-state index contributed by atoms with van der Waals surface area (Å²) >= 11 is 1.70. The number of thioether (sulfide) groups is 1. The highest BCUT2D eigenvalue weighted by atomic mass is 32.2. The summed E-state index contributed by atoms with van der Waals surface area (Å²) in [6.45, 7) is 3.28. The molecule has 0 saturated carbocycles. The van der Waals surface area contributed by atoms with Gasteiger partial charge in [-0.15, -0.1) is 0 Å². The number of amides is 1. The van der Waals surface area contributed by atoms with Crippen molar-refractivity contribution in [3.05, 3.63) is 59.7 Å². The van der Waals surface area contributed by atoms with Crippen LogP contribution in [-0.4, -0.2) is 38.0 Å². The fourth-order valence-electron chi connectivity index (χ4n) is 3.26. The molecule has 1 saturated heterocycles. The number of anilines is 1. The molecule has 1 fully saturated rings. The third-order valence-electron chi connectivity index (χ3n) is 4.99. The number of carbonyl (C=O) groups is 1. The predicted octanol–water partition coefficient (Wildman–Crippen LogP) is 4.22. The maximum Gasteiger partial charge on any atom is 0.255 e. The van der Waals surface area contributed by atoms with Gasteiger partial charge in [0.1, 0.15) is 0 Å². The van der Waals surface area contributed by atoms with Crippen LogP contribution in [0.15, 0.2) is 53.4 Å². The highest BCUT2D eigenvalue weighted by molar-refractivity contribution is 7.97. The maximum atomic E-state index is 12.8. The summed E-state index contributed by atoms with van der Waals surface area (Å²) in [4.78, 5) is 12.8. The van der Waals surface area contributed by atoms with E-state index < -0.39 is 10.0 Å². The Bertz CT molecular complexity index is 919. The molecule has 0 atom stereocenters. The molecule has 0 aliphatic carbocycles. The molecule has 1 heterocycles. The van der Waals surface area contributed by atoms with E-state index in [-0.39, 0.29) is 10.8 Å². The number of sulfonamides is 1. The van der Waals surface area contributed by atoms with E-state index in [1.807, 2.05) is 24.5 Å². The van der Waals surface area contributed by atoms with E-state index in [1.165, 1.54) is 0 Å². The van der Waals surface area contributed by atoms with Gasteiger partial charge in [-0.3, -0.25) is 4.79 Å². The molecule has 0 bridgehead atoms. The minimum Gasteiger partial charge on any atom is -0.322 e. The van der Waals surface area contributed by atoms with Crippen LogP contribution >= 0.6 is 11.8 Å². The van der Waals surface area contributed by atoms with Crippen LogP contribution in [0, 0.1) is 5.92 Å². The van der Waals surface area contributed by atoms with Crippen molar-refractivity contribution in [1.82, 2.24) is 4.31 Å². The number of piperidine rings is 1. The van der Waals surface area contributed by atoms with E-state index in [9.17, 15) is 13.2 Å². The number of hydrogen-bond donors (Lipinski definition) is 1. The average molecular weight is 419 g/mol. The molecule has 0 spiro atoms. The van der Waals surface area contributed by atoms with Gasteiger partial charge >= 0.3 is 0 Å². The molecule has 1 N–H and O–H groups in total. The van der Waals surface area contributed by atoms with Gasteiger partial charge in [-0.05, 0) is 67.0 Å². The van der Waals surface area contributed by atoms with Gasteiger partial charge in [-0.2, -0.15) is 16.1 Å². The van der Waals surface area contributed by atoms with Gasteiger partial charge in [0.15, 0.2) is 0 Å². The van der Waals surface area contributed by atoms with Crippen molar-refractivity contribution in [3.63, 3.8) is 0 Å². The van der Waals surface area contributed by atoms with E-state index in [0.717, 1.165) is 24.2 Å². The maximum absolute atomic E-state index is 12.8. The third kappa shape index (κ3) is 4.96. The van der Waals surface area contributed by atoms with E-state index in [4.69, 9.17) is 0 Å². The smallest absolute Gasteiger partial charge is 0.255 e. The summed E-state index contributed by atoms with van der Waals surface area (Å²) in [7, 11) is -3.48. The van der Waals surface area contributed by atoms with Crippen LogP contribution in [0.25, 0.3) is 0 Å². The zero-order chi connectivity index (χ0) is 20.1. The molecule has 1 aliphatic rings. The summed E-state index contributed by atoms with van der Waals surface area (Å²) in [5.41, 5.74) is 2.26. The molecule has 0 aromatic heterocycles. The standard InChI is InChI=1S/C21H26N2O3S2/c1-16-10-12-23(13-11-16)28(25,26)20-8-6-19(7-9-20)22-21(24)18-5-3-4-17(14-18)15-27-2/h3-9,14,16H,10-13,15H2,1-2H3,(H,22,24). The van der Waals surface area contributed by atoms with Gasteiger partial charge in [-0.1, -0.05) is 19.1 Å². The van der Waals surface area contributed by atoms with Crippen molar-refractivity contribution in [3.8, 4) is 0 Å². The Morgan fingerprint density at radius 2 is 1.82 bits per heavy atom. The Balaban J connectivity index is 1.69. The quantitative estimate of drug-likeness (QED) is 0.763. The largest absolute Gasteiger partial charge is 0.322 e. The Labute approximate surface area is 171 Å². The van der Waals surface area contributed by atoms with Crippen molar-refractivity contribution in [2.75, 3.05) is 24.7 Å². The zero-order valence-corrected chi connectivity index (χ0v) is 17.9. The first-order chi connectivity index (χ1) is 13.4. The number of nitrogens with one attached hydrogen (secondary N) is 1. The molecule has 28 heavy (non-hydrogen) atoms. The molecular weight excluding hydrogens is 392 g/mol. The van der Waals surface area contributed by atoms with Gasteiger partial charge < -0.3 is 5.32 Å². The van der Waals surface area contributed by atoms with Gasteiger partial charge in [-0.25, -0.2) is 8.42 Å². The Morgan fingerprint density at radius 3 is 2.46 bits per heavy atom.